The average molecular weight is 350 g/mol. The summed E-state index contributed by atoms with van der Waals surface area (Å²) >= 11 is 5.98. The van der Waals surface area contributed by atoms with Gasteiger partial charge in [0, 0.05) is 49.4 Å². The van der Waals surface area contributed by atoms with Crippen molar-refractivity contribution in [3.63, 3.8) is 0 Å². The first-order chi connectivity index (χ1) is 10.2. The normalized spacial score (nSPS) is 23.9. The molecule has 0 spiro atoms. The number of hydrogen-bond acceptors (Lipinski definition) is 3. The van der Waals surface area contributed by atoms with Crippen molar-refractivity contribution in [3.8, 4) is 0 Å². The van der Waals surface area contributed by atoms with Gasteiger partial charge in [-0.05, 0) is 26.0 Å². The second kappa shape index (κ2) is 6.80. The third kappa shape index (κ3) is 3.44. The van der Waals surface area contributed by atoms with Crippen LogP contribution in [0.5, 0.6) is 0 Å². The van der Waals surface area contributed by atoms with Crippen molar-refractivity contribution < 1.29 is 12.8 Å². The maximum atomic E-state index is 13.9. The van der Waals surface area contributed by atoms with Crippen LogP contribution in [0.15, 0.2) is 18.2 Å². The van der Waals surface area contributed by atoms with E-state index in [0.717, 1.165) is 4.31 Å². The fourth-order valence-corrected chi connectivity index (χ4v) is 4.32. The molecule has 0 amide bonds. The first-order valence-electron chi connectivity index (χ1n) is 7.14. The zero-order chi connectivity index (χ0) is 16.5. The maximum Gasteiger partial charge on any atom is 0.282 e. The number of halogens is 2. The van der Waals surface area contributed by atoms with Crippen LogP contribution in [-0.4, -0.2) is 49.2 Å². The van der Waals surface area contributed by atoms with E-state index in [-0.39, 0.29) is 29.2 Å². The van der Waals surface area contributed by atoms with Crippen LogP contribution >= 0.6 is 11.6 Å². The topological polar surface area (TPSA) is 52.7 Å². The number of hydrogen-bond donors (Lipinski definition) is 1. The maximum absolute atomic E-state index is 13.9. The molecule has 1 saturated heterocycles. The minimum Gasteiger partial charge on any atom is -0.311 e. The molecular formula is C14H21ClFN3O2S. The lowest BCUT2D eigenvalue weighted by atomic mass is 10.1. The summed E-state index contributed by atoms with van der Waals surface area (Å²) < 4.78 is 41.9. The molecule has 0 bridgehead atoms. The van der Waals surface area contributed by atoms with Crippen LogP contribution in [0.4, 0.5) is 4.39 Å². The van der Waals surface area contributed by atoms with Gasteiger partial charge >= 0.3 is 0 Å². The standard InChI is InChI=1S/C14H21ClFN3O2S/c1-10-11(2)19(8-7-17-10)22(20,21)18(3)9-12-13(15)5-4-6-14(12)16/h4-6,10-11,17H,7-9H2,1-3H3. The summed E-state index contributed by atoms with van der Waals surface area (Å²) in [5.74, 6) is -0.503. The zero-order valence-electron chi connectivity index (χ0n) is 12.9. The zero-order valence-corrected chi connectivity index (χ0v) is 14.5. The van der Waals surface area contributed by atoms with Gasteiger partial charge in [0.1, 0.15) is 5.82 Å². The lowest BCUT2D eigenvalue weighted by molar-refractivity contribution is 0.218. The van der Waals surface area contributed by atoms with Gasteiger partial charge in [0.2, 0.25) is 0 Å². The van der Waals surface area contributed by atoms with Gasteiger partial charge in [-0.15, -0.1) is 0 Å². The van der Waals surface area contributed by atoms with E-state index >= 15 is 0 Å². The fourth-order valence-electron chi connectivity index (χ4n) is 2.52. The molecule has 2 atom stereocenters. The van der Waals surface area contributed by atoms with E-state index in [2.05, 4.69) is 5.32 Å². The number of rotatable bonds is 4. The van der Waals surface area contributed by atoms with Crippen molar-refractivity contribution in [2.45, 2.75) is 32.5 Å². The Morgan fingerprint density at radius 3 is 2.77 bits per heavy atom. The highest BCUT2D eigenvalue weighted by Crippen LogP contribution is 2.23. The molecular weight excluding hydrogens is 329 g/mol. The molecule has 2 unspecified atom stereocenters. The van der Waals surface area contributed by atoms with Crippen molar-refractivity contribution in [3.05, 3.63) is 34.6 Å². The fraction of sp³-hybridized carbons (Fsp3) is 0.571. The summed E-state index contributed by atoms with van der Waals surface area (Å²) in [6.45, 7) is 4.69. The van der Waals surface area contributed by atoms with Gasteiger partial charge in [0.25, 0.3) is 10.2 Å². The monoisotopic (exact) mass is 349 g/mol. The molecule has 1 aliphatic heterocycles. The Morgan fingerprint density at radius 2 is 2.14 bits per heavy atom. The predicted octanol–water partition coefficient (Wildman–Crippen LogP) is 1.84. The number of piperazine rings is 1. The van der Waals surface area contributed by atoms with Crippen LogP contribution in [-0.2, 0) is 16.8 Å². The van der Waals surface area contributed by atoms with Crippen molar-refractivity contribution in [1.82, 2.24) is 13.9 Å². The van der Waals surface area contributed by atoms with E-state index in [1.54, 1.807) is 6.07 Å². The Bertz CT molecular complexity index is 621. The molecule has 8 heteroatoms. The summed E-state index contributed by atoms with van der Waals surface area (Å²) in [7, 11) is -2.23. The molecule has 0 aromatic heterocycles. The summed E-state index contributed by atoms with van der Waals surface area (Å²) in [4.78, 5) is 0. The van der Waals surface area contributed by atoms with Gasteiger partial charge in [0.15, 0.2) is 0 Å². The van der Waals surface area contributed by atoms with E-state index in [0.29, 0.717) is 13.1 Å². The Morgan fingerprint density at radius 1 is 1.45 bits per heavy atom. The number of nitrogens with zero attached hydrogens (tertiary/aromatic N) is 2. The van der Waals surface area contributed by atoms with Gasteiger partial charge in [0.05, 0.1) is 0 Å². The second-order valence-corrected chi connectivity index (χ2v) is 7.95. The molecule has 1 N–H and O–H groups in total. The van der Waals surface area contributed by atoms with E-state index in [1.807, 2.05) is 13.8 Å². The molecule has 1 aliphatic rings. The highest BCUT2D eigenvalue weighted by Gasteiger charge is 2.36. The lowest BCUT2D eigenvalue weighted by Crippen LogP contribution is -2.59. The van der Waals surface area contributed by atoms with E-state index in [1.165, 1.54) is 23.5 Å². The van der Waals surface area contributed by atoms with Crippen LogP contribution in [0.3, 0.4) is 0 Å². The van der Waals surface area contributed by atoms with E-state index in [4.69, 9.17) is 11.6 Å². The summed E-state index contributed by atoms with van der Waals surface area (Å²) in [5.41, 5.74) is 0.186. The number of benzene rings is 1. The van der Waals surface area contributed by atoms with E-state index in [9.17, 15) is 12.8 Å². The van der Waals surface area contributed by atoms with Crippen LogP contribution in [0, 0.1) is 5.82 Å². The quantitative estimate of drug-likeness (QED) is 0.902. The lowest BCUT2D eigenvalue weighted by Gasteiger charge is -2.39. The Hall–Kier alpha value is -0.730. The molecule has 1 fully saturated rings. The third-order valence-electron chi connectivity index (χ3n) is 4.11. The van der Waals surface area contributed by atoms with Crippen molar-refractivity contribution in [1.29, 1.82) is 0 Å². The van der Waals surface area contributed by atoms with Crippen LogP contribution < -0.4 is 5.32 Å². The SMILES string of the molecule is CC1NCCN(S(=O)(=O)N(C)Cc2c(F)cccc2Cl)C1C. The van der Waals surface area contributed by atoms with Gasteiger partial charge in [-0.3, -0.25) is 0 Å². The first-order valence-corrected chi connectivity index (χ1v) is 8.92. The third-order valence-corrected chi connectivity index (χ3v) is 6.49. The number of nitrogens with one attached hydrogen (secondary N) is 1. The molecule has 22 heavy (non-hydrogen) atoms. The summed E-state index contributed by atoms with van der Waals surface area (Å²) in [5, 5.41) is 3.46. The molecule has 124 valence electrons. The highest BCUT2D eigenvalue weighted by molar-refractivity contribution is 7.86. The predicted molar refractivity (Wildman–Crippen MR) is 85.4 cm³/mol. The molecule has 0 radical (unpaired) electrons. The van der Waals surface area contributed by atoms with Gasteiger partial charge in [-0.2, -0.15) is 17.0 Å². The molecule has 5 nitrogen and oxygen atoms in total. The Balaban J connectivity index is 2.22. The Labute approximate surface area is 136 Å². The van der Waals surface area contributed by atoms with Crippen molar-refractivity contribution in [2.75, 3.05) is 20.1 Å². The molecule has 2 rings (SSSR count). The second-order valence-electron chi connectivity index (χ2n) is 5.56. The Kier molecular flexibility index (Phi) is 5.45. The van der Waals surface area contributed by atoms with Crippen LogP contribution in [0.1, 0.15) is 19.4 Å². The largest absolute Gasteiger partial charge is 0.311 e. The smallest absolute Gasteiger partial charge is 0.282 e. The van der Waals surface area contributed by atoms with Crippen molar-refractivity contribution >= 4 is 21.8 Å². The minimum absolute atomic E-state index is 0.0639. The highest BCUT2D eigenvalue weighted by atomic mass is 35.5. The molecule has 0 saturated carbocycles. The van der Waals surface area contributed by atoms with Crippen LogP contribution in [0.2, 0.25) is 5.02 Å². The molecule has 1 aromatic carbocycles. The van der Waals surface area contributed by atoms with Crippen LogP contribution in [0.25, 0.3) is 0 Å². The molecule has 1 aromatic rings. The van der Waals surface area contributed by atoms with Gasteiger partial charge < -0.3 is 5.32 Å². The summed E-state index contributed by atoms with van der Waals surface area (Å²) in [6.07, 6.45) is 0. The molecule has 0 aliphatic carbocycles. The minimum atomic E-state index is -3.67. The van der Waals surface area contributed by atoms with Gasteiger partial charge in [-0.1, -0.05) is 17.7 Å². The first kappa shape index (κ1) is 17.6. The summed E-state index contributed by atoms with van der Waals surface area (Å²) in [6, 6.07) is 4.22. The average Bonchev–Trinajstić information content (AvgIpc) is 2.45. The van der Waals surface area contributed by atoms with Gasteiger partial charge in [-0.25, -0.2) is 4.39 Å². The molecule has 1 heterocycles. The van der Waals surface area contributed by atoms with E-state index < -0.39 is 16.0 Å². The van der Waals surface area contributed by atoms with Crippen molar-refractivity contribution in [2.24, 2.45) is 0 Å².